The zero-order valence-electron chi connectivity index (χ0n) is 13.9. The number of nitrogens with one attached hydrogen (secondary N) is 1. The Bertz CT molecular complexity index is 1290. The fourth-order valence-electron chi connectivity index (χ4n) is 3.04. The van der Waals surface area contributed by atoms with Crippen LogP contribution >= 0.6 is 0 Å². The third-order valence-electron chi connectivity index (χ3n) is 4.33. The Kier molecular flexibility index (Phi) is 3.23. The van der Waals surface area contributed by atoms with Crippen molar-refractivity contribution in [2.24, 2.45) is 5.10 Å². The van der Waals surface area contributed by atoms with Crippen molar-refractivity contribution in [2.45, 2.75) is 0 Å². The predicted molar refractivity (Wildman–Crippen MR) is 100 cm³/mol. The van der Waals surface area contributed by atoms with E-state index in [1.165, 1.54) is 12.5 Å². The van der Waals surface area contributed by atoms with E-state index in [9.17, 15) is 9.59 Å². The largest absolute Gasteiger partial charge is 0.320 e. The van der Waals surface area contributed by atoms with Crippen LogP contribution < -0.4 is 10.9 Å². The molecule has 1 aliphatic rings. The molecule has 130 valence electrons. The number of hydrogen-bond donors (Lipinski definition) is 1. The Morgan fingerprint density at radius 1 is 0.963 bits per heavy atom. The smallest absolute Gasteiger partial charge is 0.285 e. The highest BCUT2D eigenvalue weighted by atomic mass is 16.2. The summed E-state index contributed by atoms with van der Waals surface area (Å²) in [5, 5.41) is 11.5. The minimum Gasteiger partial charge on any atom is -0.320 e. The molecular formula is C19H12N6O2. The van der Waals surface area contributed by atoms with Gasteiger partial charge in [-0.1, -0.05) is 36.4 Å². The summed E-state index contributed by atoms with van der Waals surface area (Å²) < 4.78 is 2.65. The monoisotopic (exact) mass is 356 g/mol. The third kappa shape index (κ3) is 2.35. The molecule has 0 spiro atoms. The molecule has 0 saturated carbocycles. The summed E-state index contributed by atoms with van der Waals surface area (Å²) in [6, 6.07) is 16.6. The van der Waals surface area contributed by atoms with E-state index in [0.29, 0.717) is 22.3 Å². The maximum Gasteiger partial charge on any atom is 0.285 e. The van der Waals surface area contributed by atoms with E-state index < -0.39 is 5.56 Å². The molecule has 1 aliphatic heterocycles. The van der Waals surface area contributed by atoms with Gasteiger partial charge in [-0.2, -0.15) is 14.9 Å². The molecule has 3 heterocycles. The molecule has 27 heavy (non-hydrogen) atoms. The highest BCUT2D eigenvalue weighted by molar-refractivity contribution is 6.53. The van der Waals surface area contributed by atoms with Crippen molar-refractivity contribution in [3.05, 3.63) is 83.0 Å². The highest BCUT2D eigenvalue weighted by Gasteiger charge is 2.26. The number of benzene rings is 2. The van der Waals surface area contributed by atoms with E-state index in [1.54, 1.807) is 16.8 Å². The van der Waals surface area contributed by atoms with Gasteiger partial charge in [0, 0.05) is 5.56 Å². The summed E-state index contributed by atoms with van der Waals surface area (Å²) in [4.78, 5) is 29.3. The first-order valence-electron chi connectivity index (χ1n) is 8.23. The molecule has 4 aromatic rings. The molecule has 5 rings (SSSR count). The number of rotatable bonds is 2. The number of nitrogens with zero attached hydrogens (tertiary/aromatic N) is 5. The molecule has 0 saturated heterocycles. The van der Waals surface area contributed by atoms with Crippen molar-refractivity contribution in [1.82, 2.24) is 19.4 Å². The van der Waals surface area contributed by atoms with Gasteiger partial charge in [-0.15, -0.1) is 0 Å². The first-order valence-corrected chi connectivity index (χ1v) is 8.23. The fraction of sp³-hybridized carbons (Fsp3) is 0. The number of para-hydroxylation sites is 2. The summed E-state index contributed by atoms with van der Waals surface area (Å²) in [6.07, 6.45) is 2.75. The lowest BCUT2D eigenvalue weighted by Gasteiger charge is -2.03. The van der Waals surface area contributed by atoms with Crippen LogP contribution in [-0.2, 0) is 4.79 Å². The zero-order chi connectivity index (χ0) is 18.4. The molecule has 1 N–H and O–H groups in total. The maximum atomic E-state index is 12.8. The van der Waals surface area contributed by atoms with Gasteiger partial charge in [0.2, 0.25) is 0 Å². The van der Waals surface area contributed by atoms with Gasteiger partial charge < -0.3 is 5.32 Å². The quantitative estimate of drug-likeness (QED) is 0.592. The average Bonchev–Trinajstić information content (AvgIpc) is 3.26. The van der Waals surface area contributed by atoms with Gasteiger partial charge in [-0.3, -0.25) is 9.59 Å². The van der Waals surface area contributed by atoms with Crippen molar-refractivity contribution >= 4 is 28.3 Å². The van der Waals surface area contributed by atoms with Crippen LogP contribution in [0.15, 0.2) is 77.0 Å². The number of aromatic nitrogens is 4. The molecule has 0 aliphatic carbocycles. The Morgan fingerprint density at radius 2 is 1.74 bits per heavy atom. The number of carbonyl (C=O) groups is 1. The van der Waals surface area contributed by atoms with E-state index in [4.69, 9.17) is 0 Å². The second-order valence-corrected chi connectivity index (χ2v) is 5.97. The lowest BCUT2D eigenvalue weighted by Crippen LogP contribution is -2.22. The Balaban J connectivity index is 1.65. The topological polar surface area (TPSA) is 94.2 Å². The molecule has 0 atom stereocenters. The maximum absolute atomic E-state index is 12.8. The lowest BCUT2D eigenvalue weighted by molar-refractivity contribution is -0.110. The normalized spacial score (nSPS) is 14.5. The van der Waals surface area contributed by atoms with E-state index in [-0.39, 0.29) is 11.6 Å². The van der Waals surface area contributed by atoms with Crippen LogP contribution in [0, 0.1) is 0 Å². The SMILES string of the molecule is O=C1Nc2ccccc2/C1=N\n1cnc2c(cnn2-c2ccccc2)c1=O. The zero-order valence-corrected chi connectivity index (χ0v) is 13.9. The van der Waals surface area contributed by atoms with E-state index in [2.05, 4.69) is 20.5 Å². The van der Waals surface area contributed by atoms with E-state index >= 15 is 0 Å². The standard InChI is InChI=1S/C19H12N6O2/c26-18-16(13-8-4-5-9-15(13)22-18)23-24-11-20-17-14(19(24)27)10-21-25(17)12-6-2-1-3-7-12/h1-11H,(H,22,23,26). The molecule has 0 radical (unpaired) electrons. The highest BCUT2D eigenvalue weighted by Crippen LogP contribution is 2.22. The average molecular weight is 356 g/mol. The molecular weight excluding hydrogens is 344 g/mol. The van der Waals surface area contributed by atoms with Gasteiger partial charge in [0.25, 0.3) is 11.5 Å². The number of anilines is 1. The number of amides is 1. The van der Waals surface area contributed by atoms with Gasteiger partial charge >= 0.3 is 0 Å². The lowest BCUT2D eigenvalue weighted by atomic mass is 10.1. The molecule has 0 unspecified atom stereocenters. The van der Waals surface area contributed by atoms with E-state index in [1.807, 2.05) is 42.5 Å². The summed E-state index contributed by atoms with van der Waals surface area (Å²) >= 11 is 0. The first kappa shape index (κ1) is 15.2. The van der Waals surface area contributed by atoms with Crippen LogP contribution in [0.5, 0.6) is 0 Å². The van der Waals surface area contributed by atoms with Gasteiger partial charge in [0.05, 0.1) is 17.6 Å². The van der Waals surface area contributed by atoms with Crippen molar-refractivity contribution < 1.29 is 4.79 Å². The van der Waals surface area contributed by atoms with Crippen LogP contribution in [0.3, 0.4) is 0 Å². The van der Waals surface area contributed by atoms with Crippen molar-refractivity contribution in [1.29, 1.82) is 0 Å². The molecule has 8 nitrogen and oxygen atoms in total. The molecule has 0 fully saturated rings. The van der Waals surface area contributed by atoms with Crippen LogP contribution in [-0.4, -0.2) is 31.1 Å². The minimum atomic E-state index is -0.396. The fourth-order valence-corrected chi connectivity index (χ4v) is 3.04. The second-order valence-electron chi connectivity index (χ2n) is 5.97. The minimum absolute atomic E-state index is 0.171. The third-order valence-corrected chi connectivity index (χ3v) is 4.33. The first-order chi connectivity index (χ1) is 13.2. The molecule has 8 heteroatoms. The van der Waals surface area contributed by atoms with Crippen molar-refractivity contribution in [3.63, 3.8) is 0 Å². The summed E-state index contributed by atoms with van der Waals surface area (Å²) in [5.74, 6) is -0.358. The van der Waals surface area contributed by atoms with Crippen LogP contribution in [0.1, 0.15) is 5.56 Å². The number of fused-ring (bicyclic) bond motifs is 2. The van der Waals surface area contributed by atoms with E-state index in [0.717, 1.165) is 10.4 Å². The summed E-state index contributed by atoms with van der Waals surface area (Å²) in [5.41, 5.74) is 2.32. The van der Waals surface area contributed by atoms with Crippen LogP contribution in [0.25, 0.3) is 16.7 Å². The summed E-state index contributed by atoms with van der Waals surface area (Å²) in [6.45, 7) is 0. The predicted octanol–water partition coefficient (Wildman–Crippen LogP) is 1.79. The van der Waals surface area contributed by atoms with Gasteiger partial charge in [-0.25, -0.2) is 9.67 Å². The van der Waals surface area contributed by atoms with Gasteiger partial charge in [0.1, 0.15) is 11.7 Å². The van der Waals surface area contributed by atoms with Crippen LogP contribution in [0.2, 0.25) is 0 Å². The Hall–Kier alpha value is -4.07. The summed E-state index contributed by atoms with van der Waals surface area (Å²) in [7, 11) is 0. The Labute approximate surface area is 152 Å². The Morgan fingerprint density at radius 3 is 2.59 bits per heavy atom. The number of hydrogen-bond acceptors (Lipinski definition) is 5. The van der Waals surface area contributed by atoms with Gasteiger partial charge in [-0.05, 0) is 18.2 Å². The van der Waals surface area contributed by atoms with Crippen LogP contribution in [0.4, 0.5) is 5.69 Å². The molecule has 2 aromatic carbocycles. The van der Waals surface area contributed by atoms with Crippen molar-refractivity contribution in [3.8, 4) is 5.69 Å². The molecule has 0 bridgehead atoms. The molecule has 1 amide bonds. The van der Waals surface area contributed by atoms with Crippen molar-refractivity contribution in [2.75, 3.05) is 5.32 Å². The number of carbonyl (C=O) groups excluding carboxylic acids is 1. The second kappa shape index (κ2) is 5.73. The molecule has 2 aromatic heterocycles. The van der Waals surface area contributed by atoms with Gasteiger partial charge in [0.15, 0.2) is 11.4 Å².